The minimum absolute atomic E-state index is 0.149. The van der Waals surface area contributed by atoms with Crippen molar-refractivity contribution in [3.63, 3.8) is 0 Å². The van der Waals surface area contributed by atoms with Crippen LogP contribution in [0.15, 0.2) is 72.5 Å². The first-order valence-corrected chi connectivity index (χ1v) is 8.75. The summed E-state index contributed by atoms with van der Waals surface area (Å²) in [6.45, 7) is 0. The lowest BCUT2D eigenvalue weighted by Gasteiger charge is -2.06. The first-order chi connectivity index (χ1) is 13.1. The number of ether oxygens (including phenoxy) is 2. The summed E-state index contributed by atoms with van der Waals surface area (Å²) < 4.78 is 10.6. The molecule has 3 nitrogen and oxygen atoms in total. The zero-order chi connectivity index (χ0) is 19.2. The van der Waals surface area contributed by atoms with Crippen molar-refractivity contribution in [2.75, 3.05) is 7.11 Å². The summed E-state index contributed by atoms with van der Waals surface area (Å²) in [4.78, 5) is 12.3. The summed E-state index contributed by atoms with van der Waals surface area (Å²) in [6, 6.07) is 18.1. The second-order valence-electron chi connectivity index (χ2n) is 5.49. The lowest BCUT2D eigenvalue weighted by Crippen LogP contribution is -2.06. The monoisotopic (exact) mass is 396 g/mol. The van der Waals surface area contributed by atoms with Crippen molar-refractivity contribution in [1.29, 1.82) is 0 Å². The highest BCUT2D eigenvalue weighted by atomic mass is 35.5. The van der Waals surface area contributed by atoms with Crippen molar-refractivity contribution >= 4 is 39.9 Å². The minimum Gasteiger partial charge on any atom is -0.488 e. The predicted molar refractivity (Wildman–Crippen MR) is 108 cm³/mol. The molecule has 3 rings (SSSR count). The third-order valence-corrected chi connectivity index (χ3v) is 4.24. The van der Waals surface area contributed by atoms with Crippen molar-refractivity contribution in [3.05, 3.63) is 88.1 Å². The molecular weight excluding hydrogens is 383 g/mol. The molecule has 0 N–H and O–H groups in total. The first kappa shape index (κ1) is 18.8. The standard InChI is InChI=1S/C22H14Cl2O3/c1-26-18(11-9-16-13-17(23)10-12-20(16)24)14-22(25)27-21-8-4-6-15-5-2-3-7-19(15)21/h2-8,10,12-14H,1H3/b18-14-. The molecule has 0 saturated carbocycles. The van der Waals surface area contributed by atoms with Crippen molar-refractivity contribution in [2.45, 2.75) is 0 Å². The van der Waals surface area contributed by atoms with E-state index in [2.05, 4.69) is 11.8 Å². The van der Waals surface area contributed by atoms with Crippen molar-refractivity contribution in [3.8, 4) is 17.6 Å². The number of esters is 1. The molecule has 0 unspecified atom stereocenters. The van der Waals surface area contributed by atoms with E-state index >= 15 is 0 Å². The molecule has 0 bridgehead atoms. The lowest BCUT2D eigenvalue weighted by molar-refractivity contribution is -0.129. The Labute approximate surface area is 167 Å². The maximum absolute atomic E-state index is 12.3. The molecule has 3 aromatic rings. The molecule has 0 aliphatic carbocycles. The highest BCUT2D eigenvalue weighted by Crippen LogP contribution is 2.25. The van der Waals surface area contributed by atoms with Crippen LogP contribution in [-0.2, 0) is 9.53 Å². The second kappa shape index (κ2) is 8.64. The Balaban J connectivity index is 1.83. The molecule has 0 radical (unpaired) electrons. The largest absolute Gasteiger partial charge is 0.488 e. The average molecular weight is 397 g/mol. The van der Waals surface area contributed by atoms with Crippen LogP contribution in [0.2, 0.25) is 10.0 Å². The van der Waals surface area contributed by atoms with E-state index in [9.17, 15) is 4.79 Å². The first-order valence-electron chi connectivity index (χ1n) is 7.99. The summed E-state index contributed by atoms with van der Waals surface area (Å²) in [5.74, 6) is 5.62. The molecule has 0 aromatic heterocycles. The van der Waals surface area contributed by atoms with E-state index in [1.165, 1.54) is 13.2 Å². The Morgan fingerprint density at radius 3 is 2.63 bits per heavy atom. The van der Waals surface area contributed by atoms with E-state index in [1.54, 1.807) is 24.3 Å². The molecule has 0 fully saturated rings. The lowest BCUT2D eigenvalue weighted by atomic mass is 10.1. The fourth-order valence-electron chi connectivity index (χ4n) is 2.40. The van der Waals surface area contributed by atoms with Crippen molar-refractivity contribution < 1.29 is 14.3 Å². The number of carbonyl (C=O) groups is 1. The van der Waals surface area contributed by atoms with Crippen molar-refractivity contribution in [1.82, 2.24) is 0 Å². The molecule has 0 atom stereocenters. The molecule has 5 heteroatoms. The Morgan fingerprint density at radius 2 is 1.81 bits per heavy atom. The molecule has 0 heterocycles. The van der Waals surface area contributed by atoms with Crippen LogP contribution in [0.5, 0.6) is 5.75 Å². The molecule has 0 amide bonds. The van der Waals surface area contributed by atoms with E-state index in [0.29, 0.717) is 21.4 Å². The van der Waals surface area contributed by atoms with Gasteiger partial charge < -0.3 is 9.47 Å². The SMILES string of the molecule is CO/C(C#Cc1cc(Cl)ccc1Cl)=C\C(=O)Oc1cccc2ccccc12. The fraction of sp³-hybridized carbons (Fsp3) is 0.0455. The van der Waals surface area contributed by atoms with Gasteiger partial charge in [-0.15, -0.1) is 0 Å². The van der Waals surface area contributed by atoms with Gasteiger partial charge in [0.25, 0.3) is 0 Å². The van der Waals surface area contributed by atoms with E-state index in [1.807, 2.05) is 36.4 Å². The number of halogens is 2. The maximum Gasteiger partial charge on any atom is 0.340 e. The van der Waals surface area contributed by atoms with E-state index in [-0.39, 0.29) is 5.76 Å². The number of hydrogen-bond acceptors (Lipinski definition) is 3. The molecule has 0 aliphatic rings. The molecule has 27 heavy (non-hydrogen) atoms. The van der Waals surface area contributed by atoms with Crippen LogP contribution in [0.3, 0.4) is 0 Å². The summed E-state index contributed by atoms with van der Waals surface area (Å²) in [7, 11) is 1.42. The summed E-state index contributed by atoms with van der Waals surface area (Å²) in [5.41, 5.74) is 0.537. The van der Waals surface area contributed by atoms with Gasteiger partial charge in [-0.25, -0.2) is 4.79 Å². The third-order valence-electron chi connectivity index (χ3n) is 3.68. The van der Waals surface area contributed by atoms with Gasteiger partial charge in [-0.05, 0) is 35.6 Å². The number of methoxy groups -OCH3 is 1. The number of hydrogen-bond donors (Lipinski definition) is 0. The Bertz CT molecular complexity index is 1090. The fourth-order valence-corrected chi connectivity index (χ4v) is 2.73. The van der Waals surface area contributed by atoms with Crippen LogP contribution in [-0.4, -0.2) is 13.1 Å². The Morgan fingerprint density at radius 1 is 1.04 bits per heavy atom. The zero-order valence-electron chi connectivity index (χ0n) is 14.3. The quantitative estimate of drug-likeness (QED) is 0.189. The van der Waals surface area contributed by atoms with Crippen LogP contribution in [0, 0.1) is 11.8 Å². The molecule has 3 aromatic carbocycles. The van der Waals surface area contributed by atoms with Crippen LogP contribution in [0.4, 0.5) is 0 Å². The van der Waals surface area contributed by atoms with Crippen LogP contribution in [0.25, 0.3) is 10.8 Å². The smallest absolute Gasteiger partial charge is 0.340 e. The minimum atomic E-state index is -0.588. The average Bonchev–Trinajstić information content (AvgIpc) is 2.67. The highest BCUT2D eigenvalue weighted by Gasteiger charge is 2.07. The third kappa shape index (κ3) is 4.83. The number of benzene rings is 3. The maximum atomic E-state index is 12.3. The van der Waals surface area contributed by atoms with Gasteiger partial charge in [0.05, 0.1) is 18.2 Å². The summed E-state index contributed by atoms with van der Waals surface area (Å²) in [6.07, 6.45) is 1.19. The van der Waals surface area contributed by atoms with Crippen LogP contribution in [0.1, 0.15) is 5.56 Å². The van der Waals surface area contributed by atoms with E-state index < -0.39 is 5.97 Å². The number of carbonyl (C=O) groups excluding carboxylic acids is 1. The van der Waals surface area contributed by atoms with Gasteiger partial charge in [-0.2, -0.15) is 0 Å². The zero-order valence-corrected chi connectivity index (χ0v) is 15.8. The molecule has 0 spiro atoms. The second-order valence-corrected chi connectivity index (χ2v) is 6.33. The number of fused-ring (bicyclic) bond motifs is 1. The van der Waals surface area contributed by atoms with Gasteiger partial charge in [0.1, 0.15) is 5.75 Å². The van der Waals surface area contributed by atoms with E-state index in [0.717, 1.165) is 10.8 Å². The van der Waals surface area contributed by atoms with Gasteiger partial charge in [0, 0.05) is 16.0 Å². The molecular formula is C22H14Cl2O3. The van der Waals surface area contributed by atoms with Gasteiger partial charge >= 0.3 is 5.97 Å². The van der Waals surface area contributed by atoms with E-state index in [4.69, 9.17) is 32.7 Å². The summed E-state index contributed by atoms with van der Waals surface area (Å²) in [5, 5.41) is 2.80. The van der Waals surface area contributed by atoms with Crippen LogP contribution >= 0.6 is 23.2 Å². The van der Waals surface area contributed by atoms with Gasteiger partial charge in [-0.3, -0.25) is 0 Å². The Kier molecular flexibility index (Phi) is 6.03. The van der Waals surface area contributed by atoms with Gasteiger partial charge in [0.2, 0.25) is 0 Å². The van der Waals surface area contributed by atoms with Gasteiger partial charge in [0.15, 0.2) is 5.76 Å². The number of rotatable bonds is 3. The number of allylic oxidation sites excluding steroid dienone is 1. The molecule has 0 aliphatic heterocycles. The Hall–Kier alpha value is -2.93. The highest BCUT2D eigenvalue weighted by molar-refractivity contribution is 6.33. The van der Waals surface area contributed by atoms with Gasteiger partial charge in [-0.1, -0.05) is 65.5 Å². The predicted octanol–water partition coefficient (Wildman–Crippen LogP) is 5.63. The molecule has 0 saturated heterocycles. The van der Waals surface area contributed by atoms with Crippen LogP contribution < -0.4 is 4.74 Å². The van der Waals surface area contributed by atoms with Crippen molar-refractivity contribution in [2.24, 2.45) is 0 Å². The normalized spacial score (nSPS) is 10.9. The summed E-state index contributed by atoms with van der Waals surface area (Å²) >= 11 is 12.0. The molecule has 134 valence electrons. The topological polar surface area (TPSA) is 35.5 Å².